The zero-order valence-electron chi connectivity index (χ0n) is 12.8. The smallest absolute Gasteiger partial charge is 0.338 e. The van der Waals surface area contributed by atoms with Gasteiger partial charge in [0, 0.05) is 24.7 Å². The van der Waals surface area contributed by atoms with Gasteiger partial charge >= 0.3 is 5.97 Å². The molecule has 0 radical (unpaired) electrons. The minimum absolute atomic E-state index is 0.00333. The third-order valence-electron chi connectivity index (χ3n) is 4.32. The normalized spacial score (nSPS) is 17.3. The molecule has 0 aromatic heterocycles. The van der Waals surface area contributed by atoms with Crippen molar-refractivity contribution in [3.8, 4) is 5.75 Å². The van der Waals surface area contributed by atoms with Crippen LogP contribution in [0.1, 0.15) is 28.3 Å². The highest BCUT2D eigenvalue weighted by molar-refractivity contribution is 5.88. The minimum atomic E-state index is -1.23. The maximum Gasteiger partial charge on any atom is 0.338 e. The van der Waals surface area contributed by atoms with Crippen molar-refractivity contribution in [2.75, 3.05) is 25.1 Å². The van der Waals surface area contributed by atoms with Gasteiger partial charge in [-0.15, -0.1) is 0 Å². The summed E-state index contributed by atoms with van der Waals surface area (Å²) in [7, 11) is 1.62. The standard InChI is InChI=1S/C18H18FNO3/c1-23-14-7-5-13(6-8-14)20-10-9-12(11-20)15-3-2-4-16(17(15)19)18(21)22/h2-8,12H,9-11H2,1H3,(H,21,22). The molecule has 1 N–H and O–H groups in total. The molecule has 0 bridgehead atoms. The molecule has 1 aliphatic heterocycles. The van der Waals surface area contributed by atoms with Crippen LogP contribution in [-0.2, 0) is 0 Å². The van der Waals surface area contributed by atoms with Crippen LogP contribution in [-0.4, -0.2) is 31.3 Å². The molecule has 0 saturated carbocycles. The molecule has 3 rings (SSSR count). The summed E-state index contributed by atoms with van der Waals surface area (Å²) >= 11 is 0. The number of anilines is 1. The number of methoxy groups -OCH3 is 1. The third-order valence-corrected chi connectivity index (χ3v) is 4.32. The molecule has 4 nitrogen and oxygen atoms in total. The molecule has 2 aromatic rings. The topological polar surface area (TPSA) is 49.8 Å². The number of carboxylic acids is 1. The van der Waals surface area contributed by atoms with Gasteiger partial charge in [-0.3, -0.25) is 0 Å². The van der Waals surface area contributed by atoms with E-state index < -0.39 is 11.8 Å². The molecule has 5 heteroatoms. The molecule has 1 fully saturated rings. The fourth-order valence-corrected chi connectivity index (χ4v) is 3.07. The number of nitrogens with zero attached hydrogens (tertiary/aromatic N) is 1. The van der Waals surface area contributed by atoms with E-state index in [1.54, 1.807) is 19.2 Å². The summed E-state index contributed by atoms with van der Waals surface area (Å²) in [4.78, 5) is 13.3. The van der Waals surface area contributed by atoms with Crippen LogP contribution in [0, 0.1) is 5.82 Å². The second-order valence-corrected chi connectivity index (χ2v) is 5.64. The van der Waals surface area contributed by atoms with Gasteiger partial charge < -0.3 is 14.7 Å². The number of ether oxygens (including phenoxy) is 1. The molecule has 1 unspecified atom stereocenters. The van der Waals surface area contributed by atoms with Gasteiger partial charge in [-0.2, -0.15) is 0 Å². The van der Waals surface area contributed by atoms with E-state index in [1.807, 2.05) is 24.3 Å². The van der Waals surface area contributed by atoms with Crippen molar-refractivity contribution in [3.63, 3.8) is 0 Å². The highest BCUT2D eigenvalue weighted by atomic mass is 19.1. The van der Waals surface area contributed by atoms with E-state index in [0.717, 1.165) is 24.4 Å². The molecule has 1 aliphatic rings. The molecule has 120 valence electrons. The highest BCUT2D eigenvalue weighted by Gasteiger charge is 2.28. The van der Waals surface area contributed by atoms with E-state index in [1.165, 1.54) is 6.07 Å². The van der Waals surface area contributed by atoms with Crippen LogP contribution < -0.4 is 9.64 Å². The highest BCUT2D eigenvalue weighted by Crippen LogP contribution is 2.33. The number of aromatic carboxylic acids is 1. The number of hydrogen-bond acceptors (Lipinski definition) is 3. The van der Waals surface area contributed by atoms with Crippen LogP contribution in [0.15, 0.2) is 42.5 Å². The Kier molecular flexibility index (Phi) is 4.19. The van der Waals surface area contributed by atoms with Crippen LogP contribution >= 0.6 is 0 Å². The van der Waals surface area contributed by atoms with Crippen molar-refractivity contribution >= 4 is 11.7 Å². The lowest BCUT2D eigenvalue weighted by atomic mass is 9.96. The fourth-order valence-electron chi connectivity index (χ4n) is 3.07. The summed E-state index contributed by atoms with van der Waals surface area (Å²) < 4.78 is 19.5. The SMILES string of the molecule is COc1ccc(N2CCC(c3cccc(C(=O)O)c3F)C2)cc1. The van der Waals surface area contributed by atoms with Crippen LogP contribution in [0.2, 0.25) is 0 Å². The van der Waals surface area contributed by atoms with Gasteiger partial charge in [0.25, 0.3) is 0 Å². The summed E-state index contributed by atoms with van der Waals surface area (Å²) in [5, 5.41) is 9.05. The predicted octanol–water partition coefficient (Wildman–Crippen LogP) is 3.53. The summed E-state index contributed by atoms with van der Waals surface area (Å²) in [6.07, 6.45) is 0.798. The van der Waals surface area contributed by atoms with Gasteiger partial charge in [0.15, 0.2) is 0 Å². The van der Waals surface area contributed by atoms with E-state index in [2.05, 4.69) is 4.90 Å². The molecular formula is C18H18FNO3. The molecule has 1 saturated heterocycles. The zero-order valence-corrected chi connectivity index (χ0v) is 12.8. The first-order valence-corrected chi connectivity index (χ1v) is 7.51. The van der Waals surface area contributed by atoms with Crippen molar-refractivity contribution in [1.82, 2.24) is 0 Å². The van der Waals surface area contributed by atoms with Gasteiger partial charge in [-0.1, -0.05) is 12.1 Å². The predicted molar refractivity (Wildman–Crippen MR) is 85.9 cm³/mol. The first-order valence-electron chi connectivity index (χ1n) is 7.51. The number of halogens is 1. The molecule has 0 amide bonds. The van der Waals surface area contributed by atoms with E-state index in [0.29, 0.717) is 12.1 Å². The molecule has 1 heterocycles. The monoisotopic (exact) mass is 315 g/mol. The number of carboxylic acid groups (broad SMARTS) is 1. The first kappa shape index (κ1) is 15.3. The summed E-state index contributed by atoms with van der Waals surface area (Å²) in [5.74, 6) is -1.04. The Morgan fingerprint density at radius 2 is 2.00 bits per heavy atom. The van der Waals surface area contributed by atoms with Crippen molar-refractivity contribution in [1.29, 1.82) is 0 Å². The van der Waals surface area contributed by atoms with Gasteiger partial charge in [0.05, 0.1) is 12.7 Å². The van der Waals surface area contributed by atoms with Crippen molar-refractivity contribution in [2.24, 2.45) is 0 Å². The maximum atomic E-state index is 14.4. The van der Waals surface area contributed by atoms with Crippen LogP contribution in [0.4, 0.5) is 10.1 Å². The fraction of sp³-hybridized carbons (Fsp3) is 0.278. The molecular weight excluding hydrogens is 297 g/mol. The number of carbonyl (C=O) groups is 1. The molecule has 1 atom stereocenters. The first-order chi connectivity index (χ1) is 11.1. The van der Waals surface area contributed by atoms with Gasteiger partial charge in [-0.05, 0) is 42.3 Å². The average molecular weight is 315 g/mol. The number of benzene rings is 2. The van der Waals surface area contributed by atoms with Gasteiger partial charge in [0.2, 0.25) is 0 Å². The number of hydrogen-bond donors (Lipinski definition) is 1. The Morgan fingerprint density at radius 1 is 1.26 bits per heavy atom. The molecule has 0 spiro atoms. The van der Waals surface area contributed by atoms with Crippen LogP contribution in [0.5, 0.6) is 5.75 Å². The lowest BCUT2D eigenvalue weighted by Crippen LogP contribution is -2.19. The van der Waals surface area contributed by atoms with Crippen molar-refractivity contribution < 1.29 is 19.0 Å². The average Bonchev–Trinajstić information content (AvgIpc) is 3.04. The lowest BCUT2D eigenvalue weighted by molar-refractivity contribution is 0.0691. The second kappa shape index (κ2) is 6.28. The maximum absolute atomic E-state index is 14.4. The Hall–Kier alpha value is -2.56. The quantitative estimate of drug-likeness (QED) is 0.938. The second-order valence-electron chi connectivity index (χ2n) is 5.64. The van der Waals surface area contributed by atoms with Crippen LogP contribution in [0.25, 0.3) is 0 Å². The van der Waals surface area contributed by atoms with E-state index in [-0.39, 0.29) is 11.5 Å². The zero-order chi connectivity index (χ0) is 16.4. The molecule has 2 aromatic carbocycles. The largest absolute Gasteiger partial charge is 0.497 e. The van der Waals surface area contributed by atoms with Crippen LogP contribution in [0.3, 0.4) is 0 Å². The Morgan fingerprint density at radius 3 is 2.65 bits per heavy atom. The minimum Gasteiger partial charge on any atom is -0.497 e. The number of rotatable bonds is 4. The molecule has 0 aliphatic carbocycles. The lowest BCUT2D eigenvalue weighted by Gasteiger charge is -2.19. The summed E-state index contributed by atoms with van der Waals surface area (Å²) in [5.41, 5.74) is 1.29. The van der Waals surface area contributed by atoms with E-state index in [4.69, 9.17) is 9.84 Å². The summed E-state index contributed by atoms with van der Waals surface area (Å²) in [6, 6.07) is 12.3. The van der Waals surface area contributed by atoms with Crippen molar-refractivity contribution in [3.05, 3.63) is 59.4 Å². The third kappa shape index (κ3) is 2.99. The molecule has 23 heavy (non-hydrogen) atoms. The van der Waals surface area contributed by atoms with Crippen molar-refractivity contribution in [2.45, 2.75) is 12.3 Å². The van der Waals surface area contributed by atoms with E-state index >= 15 is 0 Å². The Bertz CT molecular complexity index is 715. The van der Waals surface area contributed by atoms with Gasteiger partial charge in [-0.25, -0.2) is 9.18 Å². The summed E-state index contributed by atoms with van der Waals surface area (Å²) in [6.45, 7) is 1.49. The Labute approximate surface area is 134 Å². The van der Waals surface area contributed by atoms with E-state index in [9.17, 15) is 9.18 Å². The van der Waals surface area contributed by atoms with Gasteiger partial charge in [0.1, 0.15) is 11.6 Å². The Balaban J connectivity index is 1.79.